The Morgan fingerprint density at radius 1 is 1.31 bits per heavy atom. The highest BCUT2D eigenvalue weighted by Gasteiger charge is 2.27. The van der Waals surface area contributed by atoms with Crippen LogP contribution in [0.3, 0.4) is 0 Å². The van der Waals surface area contributed by atoms with E-state index in [1.165, 1.54) is 18.4 Å². The lowest BCUT2D eigenvalue weighted by atomic mass is 9.97. The van der Waals surface area contributed by atoms with E-state index in [0.717, 1.165) is 23.9 Å². The Labute approximate surface area is 180 Å². The Morgan fingerprint density at radius 2 is 2.14 bits per heavy atom. The highest BCUT2D eigenvalue weighted by Crippen LogP contribution is 2.23. The van der Waals surface area contributed by atoms with E-state index in [9.17, 15) is 14.4 Å². The largest absolute Gasteiger partial charge is 0.465 e. The van der Waals surface area contributed by atoms with Gasteiger partial charge < -0.3 is 15.4 Å². The SMILES string of the molecule is COC(=O)c1sccc1NC(=O)CN1CCCC(C(=O)Nc2ccc(Br)cn2)C1. The number of halogens is 1. The first-order valence-electron chi connectivity index (χ1n) is 9.06. The maximum absolute atomic E-state index is 12.6. The molecule has 29 heavy (non-hydrogen) atoms. The van der Waals surface area contributed by atoms with Gasteiger partial charge in [0.05, 0.1) is 25.3 Å². The van der Waals surface area contributed by atoms with Crippen LogP contribution in [0.25, 0.3) is 0 Å². The summed E-state index contributed by atoms with van der Waals surface area (Å²) in [5.74, 6) is -0.527. The van der Waals surface area contributed by atoms with Crippen molar-refractivity contribution in [1.29, 1.82) is 0 Å². The summed E-state index contributed by atoms with van der Waals surface area (Å²) >= 11 is 4.52. The van der Waals surface area contributed by atoms with Crippen LogP contribution in [0.1, 0.15) is 22.5 Å². The molecule has 0 bridgehead atoms. The van der Waals surface area contributed by atoms with Gasteiger partial charge in [0.25, 0.3) is 0 Å². The van der Waals surface area contributed by atoms with E-state index < -0.39 is 5.97 Å². The third-order valence-electron chi connectivity index (χ3n) is 4.53. The van der Waals surface area contributed by atoms with Crippen LogP contribution >= 0.6 is 27.3 Å². The molecule has 1 saturated heterocycles. The maximum atomic E-state index is 12.6. The van der Waals surface area contributed by atoms with Crippen molar-refractivity contribution in [3.05, 3.63) is 39.1 Å². The normalized spacial score (nSPS) is 16.8. The quantitative estimate of drug-likeness (QED) is 0.616. The lowest BCUT2D eigenvalue weighted by molar-refractivity contribution is -0.123. The lowest BCUT2D eigenvalue weighted by Gasteiger charge is -2.31. The molecule has 0 radical (unpaired) electrons. The van der Waals surface area contributed by atoms with Crippen molar-refractivity contribution in [2.75, 3.05) is 37.4 Å². The van der Waals surface area contributed by atoms with Gasteiger partial charge in [-0.05, 0) is 58.9 Å². The lowest BCUT2D eigenvalue weighted by Crippen LogP contribution is -2.44. The van der Waals surface area contributed by atoms with Crippen LogP contribution in [0.15, 0.2) is 34.2 Å². The first-order valence-corrected chi connectivity index (χ1v) is 10.7. The van der Waals surface area contributed by atoms with Gasteiger partial charge in [-0.1, -0.05) is 0 Å². The topological polar surface area (TPSA) is 101 Å². The number of nitrogens with one attached hydrogen (secondary N) is 2. The van der Waals surface area contributed by atoms with E-state index >= 15 is 0 Å². The van der Waals surface area contributed by atoms with E-state index in [0.29, 0.717) is 22.9 Å². The van der Waals surface area contributed by atoms with Crippen molar-refractivity contribution in [3.8, 4) is 0 Å². The van der Waals surface area contributed by atoms with Crippen molar-refractivity contribution < 1.29 is 19.1 Å². The molecule has 1 fully saturated rings. The number of likely N-dealkylation sites (tertiary alicyclic amines) is 1. The Kier molecular flexibility index (Phi) is 7.34. The monoisotopic (exact) mass is 480 g/mol. The van der Waals surface area contributed by atoms with E-state index in [2.05, 4.69) is 31.5 Å². The zero-order valence-corrected chi connectivity index (χ0v) is 18.2. The van der Waals surface area contributed by atoms with Gasteiger partial charge in [0.1, 0.15) is 10.7 Å². The second-order valence-electron chi connectivity index (χ2n) is 6.63. The molecule has 2 aromatic rings. The highest BCUT2D eigenvalue weighted by molar-refractivity contribution is 9.10. The van der Waals surface area contributed by atoms with Gasteiger partial charge in [-0.25, -0.2) is 9.78 Å². The summed E-state index contributed by atoms with van der Waals surface area (Å²) in [6.45, 7) is 1.38. The molecule has 0 spiro atoms. The number of thiophene rings is 1. The molecule has 0 aliphatic carbocycles. The van der Waals surface area contributed by atoms with Crippen molar-refractivity contribution in [1.82, 2.24) is 9.88 Å². The summed E-state index contributed by atoms with van der Waals surface area (Å²) in [5.41, 5.74) is 0.444. The average Bonchev–Trinajstić information content (AvgIpc) is 3.17. The predicted molar refractivity (Wildman–Crippen MR) is 114 cm³/mol. The van der Waals surface area contributed by atoms with E-state index in [4.69, 9.17) is 4.74 Å². The standard InChI is InChI=1S/C19H21BrN4O4S/c1-28-19(27)17-14(6-8-29-17)22-16(25)11-24-7-2-3-12(10-24)18(26)23-15-5-4-13(20)9-21-15/h4-6,8-9,12H,2-3,7,10-11H2,1H3,(H,22,25)(H,21,23,26). The zero-order valence-electron chi connectivity index (χ0n) is 15.8. The number of anilines is 2. The molecule has 2 N–H and O–H groups in total. The van der Waals surface area contributed by atoms with E-state index in [1.54, 1.807) is 23.7 Å². The highest BCUT2D eigenvalue weighted by atomic mass is 79.9. The molecule has 1 unspecified atom stereocenters. The average molecular weight is 481 g/mol. The Balaban J connectivity index is 1.53. The van der Waals surface area contributed by atoms with Gasteiger partial charge in [-0.2, -0.15) is 0 Å². The van der Waals surface area contributed by atoms with Crippen molar-refractivity contribution >= 4 is 56.6 Å². The summed E-state index contributed by atoms with van der Waals surface area (Å²) in [7, 11) is 1.30. The van der Waals surface area contributed by atoms with E-state index in [-0.39, 0.29) is 24.3 Å². The third-order valence-corrected chi connectivity index (χ3v) is 5.90. The van der Waals surface area contributed by atoms with Crippen LogP contribution in [0, 0.1) is 5.92 Å². The second-order valence-corrected chi connectivity index (χ2v) is 8.46. The molecule has 8 nitrogen and oxygen atoms in total. The fourth-order valence-electron chi connectivity index (χ4n) is 3.14. The minimum absolute atomic E-state index is 0.101. The number of amides is 2. The number of ether oxygens (including phenoxy) is 1. The Bertz CT molecular complexity index is 887. The molecule has 1 aliphatic heterocycles. The number of carbonyl (C=O) groups is 3. The van der Waals surface area contributed by atoms with Gasteiger partial charge in [-0.15, -0.1) is 11.3 Å². The van der Waals surface area contributed by atoms with Crippen LogP contribution in [-0.4, -0.2) is 54.4 Å². The minimum Gasteiger partial charge on any atom is -0.465 e. The van der Waals surface area contributed by atoms with Gasteiger partial charge in [0.15, 0.2) is 0 Å². The van der Waals surface area contributed by atoms with Crippen molar-refractivity contribution in [2.24, 2.45) is 5.92 Å². The predicted octanol–water partition coefficient (Wildman–Crippen LogP) is 2.98. The minimum atomic E-state index is -0.480. The molecule has 3 heterocycles. The van der Waals surface area contributed by atoms with Gasteiger partial charge in [0.2, 0.25) is 11.8 Å². The molecule has 3 rings (SSSR count). The Hall–Kier alpha value is -2.30. The van der Waals surface area contributed by atoms with Crippen molar-refractivity contribution in [2.45, 2.75) is 12.8 Å². The van der Waals surface area contributed by atoms with Crippen molar-refractivity contribution in [3.63, 3.8) is 0 Å². The summed E-state index contributed by atoms with van der Waals surface area (Å²) < 4.78 is 5.56. The van der Waals surface area contributed by atoms with Gasteiger partial charge in [0, 0.05) is 17.2 Å². The maximum Gasteiger partial charge on any atom is 0.350 e. The number of nitrogens with zero attached hydrogens (tertiary/aromatic N) is 2. The molecule has 154 valence electrons. The number of hydrogen-bond donors (Lipinski definition) is 2. The smallest absolute Gasteiger partial charge is 0.350 e. The molecule has 2 aromatic heterocycles. The molecule has 2 amide bonds. The second kappa shape index (κ2) is 9.95. The van der Waals surface area contributed by atoms with Crippen LogP contribution in [0.5, 0.6) is 0 Å². The number of pyridine rings is 1. The molecule has 10 heteroatoms. The zero-order chi connectivity index (χ0) is 20.8. The number of aromatic nitrogens is 1. The number of methoxy groups -OCH3 is 1. The number of hydrogen-bond acceptors (Lipinski definition) is 7. The van der Waals surface area contributed by atoms with Gasteiger partial charge in [-0.3, -0.25) is 14.5 Å². The first-order chi connectivity index (χ1) is 14.0. The van der Waals surface area contributed by atoms with Crippen LogP contribution in [0.4, 0.5) is 11.5 Å². The number of carbonyl (C=O) groups excluding carboxylic acids is 3. The molecule has 1 aliphatic rings. The number of piperidine rings is 1. The molecule has 1 atom stereocenters. The molecular formula is C19H21BrN4O4S. The number of esters is 1. The molecule has 0 aromatic carbocycles. The summed E-state index contributed by atoms with van der Waals surface area (Å²) in [4.78, 5) is 43.2. The fourth-order valence-corrected chi connectivity index (χ4v) is 4.14. The van der Waals surface area contributed by atoms with Crippen LogP contribution < -0.4 is 10.6 Å². The van der Waals surface area contributed by atoms with Crippen LogP contribution in [0.2, 0.25) is 0 Å². The van der Waals surface area contributed by atoms with E-state index in [1.807, 2.05) is 11.0 Å². The summed E-state index contributed by atoms with van der Waals surface area (Å²) in [5, 5.41) is 7.31. The molecular weight excluding hydrogens is 460 g/mol. The van der Waals surface area contributed by atoms with Gasteiger partial charge >= 0.3 is 5.97 Å². The summed E-state index contributed by atoms with van der Waals surface area (Å²) in [6.07, 6.45) is 3.21. The number of rotatable bonds is 6. The Morgan fingerprint density at radius 3 is 2.86 bits per heavy atom. The first kappa shape index (κ1) is 21.4. The summed E-state index contributed by atoms with van der Waals surface area (Å²) in [6, 6.07) is 5.22. The molecule has 0 saturated carbocycles. The fraction of sp³-hybridized carbons (Fsp3) is 0.368. The third kappa shape index (κ3) is 5.84. The van der Waals surface area contributed by atoms with Crippen LogP contribution in [-0.2, 0) is 14.3 Å².